The first-order chi connectivity index (χ1) is 19.8. The number of aliphatic carboxylic acids is 2. The van der Waals surface area contributed by atoms with Gasteiger partial charge in [-0.1, -0.05) is 0 Å². The van der Waals surface area contributed by atoms with Crippen LogP contribution in [-0.2, 0) is 38.0 Å². The Hall–Kier alpha value is -5.80. The molecule has 42 heavy (non-hydrogen) atoms. The molecule has 2 atom stereocenters. The third kappa shape index (κ3) is 7.23. The van der Waals surface area contributed by atoms with Crippen molar-refractivity contribution in [3.05, 3.63) is 69.8 Å². The van der Waals surface area contributed by atoms with Gasteiger partial charge in [-0.05, 0) is 36.4 Å². The fourth-order valence-corrected chi connectivity index (χ4v) is 3.33. The number of ether oxygens (including phenoxy) is 6. The number of methoxy groups -OCH3 is 4. The first-order valence-corrected chi connectivity index (χ1v) is 11.3. The van der Waals surface area contributed by atoms with Gasteiger partial charge in [0.25, 0.3) is 0 Å². The van der Waals surface area contributed by atoms with Gasteiger partial charge in [0.15, 0.2) is 0 Å². The van der Waals surface area contributed by atoms with Crippen molar-refractivity contribution in [3.8, 4) is 0 Å². The number of carboxylic acid groups (broad SMARTS) is 2. The Bertz CT molecular complexity index is 1350. The van der Waals surface area contributed by atoms with E-state index in [0.29, 0.717) is 0 Å². The molecule has 0 aliphatic heterocycles. The lowest BCUT2D eigenvalue weighted by molar-refractivity contribution is -0.166. The van der Waals surface area contributed by atoms with E-state index in [2.05, 4.69) is 18.9 Å². The second-order valence-corrected chi connectivity index (χ2v) is 7.82. The van der Waals surface area contributed by atoms with Crippen molar-refractivity contribution in [1.29, 1.82) is 0 Å². The van der Waals surface area contributed by atoms with Gasteiger partial charge in [-0.15, -0.1) is 0 Å². The molecule has 0 aliphatic rings. The van der Waals surface area contributed by atoms with Crippen LogP contribution in [0.4, 0.5) is 0 Å². The maximum Gasteiger partial charge on any atom is 0.349 e. The molecule has 2 aromatic carbocycles. The Labute approximate surface area is 235 Å². The average molecular weight is 590 g/mol. The zero-order valence-corrected chi connectivity index (χ0v) is 22.2. The summed E-state index contributed by atoms with van der Waals surface area (Å²) in [6.07, 6.45) is -5.26. The Balaban J connectivity index is 2.42. The molecule has 0 radical (unpaired) electrons. The summed E-state index contributed by atoms with van der Waals surface area (Å²) in [7, 11) is 4.02. The maximum absolute atomic E-state index is 12.8. The minimum absolute atomic E-state index is 0.308. The van der Waals surface area contributed by atoms with E-state index in [4.69, 9.17) is 9.47 Å². The number of carbonyl (C=O) groups excluding carboxylic acids is 6. The molecule has 2 unspecified atom stereocenters. The van der Waals surface area contributed by atoms with Gasteiger partial charge in [0.2, 0.25) is 12.2 Å². The Kier molecular flexibility index (Phi) is 10.8. The minimum Gasteiger partial charge on any atom is -0.478 e. The van der Waals surface area contributed by atoms with Gasteiger partial charge in [-0.25, -0.2) is 38.4 Å². The van der Waals surface area contributed by atoms with Crippen molar-refractivity contribution in [2.24, 2.45) is 0 Å². The monoisotopic (exact) mass is 590 g/mol. The zero-order valence-electron chi connectivity index (χ0n) is 22.2. The molecule has 2 N–H and O–H groups in total. The van der Waals surface area contributed by atoms with Crippen molar-refractivity contribution >= 4 is 47.8 Å². The molecule has 222 valence electrons. The van der Waals surface area contributed by atoms with Crippen LogP contribution in [-0.4, -0.2) is 98.6 Å². The highest BCUT2D eigenvalue weighted by Gasteiger charge is 2.41. The van der Waals surface area contributed by atoms with E-state index in [-0.39, 0.29) is 11.1 Å². The highest BCUT2D eigenvalue weighted by atomic mass is 16.6. The molecule has 0 aliphatic carbocycles. The van der Waals surface area contributed by atoms with Crippen LogP contribution in [0.15, 0.2) is 36.4 Å². The van der Waals surface area contributed by atoms with Crippen LogP contribution in [0.1, 0.15) is 62.1 Å². The number of hydrogen-bond acceptors (Lipinski definition) is 14. The van der Waals surface area contributed by atoms with E-state index in [0.717, 1.165) is 64.8 Å². The Morgan fingerprint density at radius 3 is 1.02 bits per heavy atom. The van der Waals surface area contributed by atoms with E-state index in [9.17, 15) is 48.6 Å². The first-order valence-electron chi connectivity index (χ1n) is 11.3. The summed E-state index contributed by atoms with van der Waals surface area (Å²) in [5, 5.41) is 19.2. The van der Waals surface area contributed by atoms with Crippen LogP contribution >= 0.6 is 0 Å². The fourth-order valence-electron chi connectivity index (χ4n) is 3.33. The maximum atomic E-state index is 12.8. The minimum atomic E-state index is -2.63. The molecule has 0 saturated heterocycles. The first kappa shape index (κ1) is 32.4. The third-order valence-electron chi connectivity index (χ3n) is 5.36. The zero-order chi connectivity index (χ0) is 31.7. The molecular weight excluding hydrogens is 568 g/mol. The molecular formula is C26H22O16. The van der Waals surface area contributed by atoms with Crippen molar-refractivity contribution < 1.29 is 77.0 Å². The molecule has 0 aromatic heterocycles. The Morgan fingerprint density at radius 1 is 0.476 bits per heavy atom. The van der Waals surface area contributed by atoms with Crippen LogP contribution < -0.4 is 0 Å². The van der Waals surface area contributed by atoms with Gasteiger partial charge in [-0.2, -0.15) is 0 Å². The van der Waals surface area contributed by atoms with E-state index >= 15 is 0 Å². The quantitative estimate of drug-likeness (QED) is 0.271. The smallest absolute Gasteiger partial charge is 0.349 e. The van der Waals surface area contributed by atoms with Crippen LogP contribution in [0.2, 0.25) is 0 Å². The normalized spacial score (nSPS) is 11.6. The topological polar surface area (TPSA) is 232 Å². The largest absolute Gasteiger partial charge is 0.478 e. The van der Waals surface area contributed by atoms with Crippen molar-refractivity contribution in [1.82, 2.24) is 0 Å². The average Bonchev–Trinajstić information content (AvgIpc) is 2.99. The second kappa shape index (κ2) is 14.0. The summed E-state index contributed by atoms with van der Waals surface area (Å²) >= 11 is 0. The number of carboxylic acids is 2. The van der Waals surface area contributed by atoms with Gasteiger partial charge < -0.3 is 38.6 Å². The highest BCUT2D eigenvalue weighted by molar-refractivity contribution is 6.06. The summed E-state index contributed by atoms with van der Waals surface area (Å²) < 4.78 is 27.8. The summed E-state index contributed by atoms with van der Waals surface area (Å²) in [6, 6.07) is 5.51. The molecule has 16 heteroatoms. The van der Waals surface area contributed by atoms with Gasteiger partial charge in [-0.3, -0.25) is 0 Å². The number of rotatable bonds is 11. The Morgan fingerprint density at radius 2 is 0.762 bits per heavy atom. The van der Waals surface area contributed by atoms with Crippen molar-refractivity contribution in [3.63, 3.8) is 0 Å². The number of esters is 6. The molecule has 2 aromatic rings. The van der Waals surface area contributed by atoms with Gasteiger partial charge in [0.1, 0.15) is 0 Å². The molecule has 16 nitrogen and oxygen atoms in total. The summed E-state index contributed by atoms with van der Waals surface area (Å²) in [5.74, 6) is -11.1. The molecule has 0 bridgehead atoms. The van der Waals surface area contributed by atoms with Crippen molar-refractivity contribution in [2.75, 3.05) is 28.4 Å². The van der Waals surface area contributed by atoms with E-state index < -0.39 is 82.2 Å². The summed E-state index contributed by atoms with van der Waals surface area (Å²) in [6.45, 7) is 0. The highest BCUT2D eigenvalue weighted by Crippen LogP contribution is 2.20. The lowest BCUT2D eigenvalue weighted by Crippen LogP contribution is -2.46. The molecule has 0 amide bonds. The van der Waals surface area contributed by atoms with Crippen molar-refractivity contribution in [2.45, 2.75) is 12.2 Å². The molecule has 0 fully saturated rings. The molecule has 0 heterocycles. The number of carbonyl (C=O) groups is 8. The molecule has 2 rings (SSSR count). The molecule has 0 spiro atoms. The number of benzene rings is 2. The van der Waals surface area contributed by atoms with Crippen LogP contribution in [0.25, 0.3) is 0 Å². The van der Waals surface area contributed by atoms with Crippen LogP contribution in [0, 0.1) is 0 Å². The lowest BCUT2D eigenvalue weighted by Gasteiger charge is -2.21. The number of hydrogen-bond donors (Lipinski definition) is 2. The van der Waals surface area contributed by atoms with Gasteiger partial charge in [0.05, 0.1) is 61.8 Å². The summed E-state index contributed by atoms with van der Waals surface area (Å²) in [5.41, 5.74) is -2.54. The second-order valence-electron chi connectivity index (χ2n) is 7.82. The van der Waals surface area contributed by atoms with Gasteiger partial charge >= 0.3 is 47.8 Å². The predicted molar refractivity (Wildman–Crippen MR) is 132 cm³/mol. The van der Waals surface area contributed by atoms with Gasteiger partial charge in [0, 0.05) is 0 Å². The van der Waals surface area contributed by atoms with E-state index in [1.807, 2.05) is 0 Å². The summed E-state index contributed by atoms with van der Waals surface area (Å²) in [4.78, 5) is 97.4. The SMILES string of the molecule is COC(=O)c1ccc(C(=O)OC(C(=O)O)C(OC(=O)c2ccc(C(=O)OC)c(C(=O)OC)c2)C(=O)O)cc1C(=O)OC. The molecule has 0 saturated carbocycles. The lowest BCUT2D eigenvalue weighted by atomic mass is 10.0. The van der Waals surface area contributed by atoms with Crippen LogP contribution in [0.3, 0.4) is 0 Å². The standard InChI is InChI=1S/C26H22O16/c1-37-23(33)13-7-5-11(9-15(13)25(35)39-3)21(31)41-17(19(27)28)18(20(29)30)42-22(32)12-6-8-14(24(34)38-2)16(10-12)26(36)40-4/h5-10,17-18H,1-4H3,(H,27,28)(H,29,30). The van der Waals surface area contributed by atoms with E-state index in [1.165, 1.54) is 0 Å². The third-order valence-corrected chi connectivity index (χ3v) is 5.36. The van der Waals surface area contributed by atoms with E-state index in [1.54, 1.807) is 0 Å². The fraction of sp³-hybridized carbons (Fsp3) is 0.231. The predicted octanol–water partition coefficient (Wildman–Crippen LogP) is 0.753. The van der Waals surface area contributed by atoms with Crippen LogP contribution in [0.5, 0.6) is 0 Å².